The minimum atomic E-state index is -5.69. The Morgan fingerprint density at radius 1 is 1.24 bits per heavy atom. The number of rotatable bonds is 3. The highest BCUT2D eigenvalue weighted by Gasteiger charge is 2.47. The van der Waals surface area contributed by atoms with Gasteiger partial charge in [-0.2, -0.15) is 21.6 Å². The molecule has 0 bridgehead atoms. The van der Waals surface area contributed by atoms with Gasteiger partial charge in [0.25, 0.3) is 0 Å². The molecule has 1 rings (SSSR count). The molecule has 0 unspecified atom stereocenters. The highest BCUT2D eigenvalue weighted by Crippen LogP contribution is 2.26. The molecule has 0 aliphatic rings. The largest absolute Gasteiger partial charge is 0.523 e. The van der Waals surface area contributed by atoms with Crippen LogP contribution < -0.4 is 0 Å². The molecule has 0 amide bonds. The van der Waals surface area contributed by atoms with Crippen molar-refractivity contribution >= 4 is 21.7 Å². The molecule has 0 spiro atoms. The molecule has 9 heteroatoms. The quantitative estimate of drug-likeness (QED) is 0.489. The first-order valence-electron chi connectivity index (χ1n) is 4.02. The van der Waals surface area contributed by atoms with Crippen molar-refractivity contribution in [3.63, 3.8) is 0 Å². The van der Waals surface area contributed by atoms with Crippen LogP contribution in [0.25, 0.3) is 0 Å². The molecule has 1 aromatic rings. The van der Waals surface area contributed by atoms with E-state index < -0.39 is 28.1 Å². The summed E-state index contributed by atoms with van der Waals surface area (Å²) in [7, 11) is -5.69. The van der Waals surface area contributed by atoms with Crippen molar-refractivity contribution < 1.29 is 30.2 Å². The summed E-state index contributed by atoms with van der Waals surface area (Å²) in [5.74, 6) is -0.805. The molecule has 0 aromatic heterocycles. The normalized spacial score (nSPS) is 12.8. The maximum Gasteiger partial charge on any atom is 0.523 e. The van der Waals surface area contributed by atoms with Crippen LogP contribution in [-0.4, -0.2) is 13.9 Å². The number of alkyl halides is 3. The molecule has 0 fully saturated rings. The fourth-order valence-corrected chi connectivity index (χ4v) is 1.58. The Labute approximate surface area is 99.1 Å². The minimum Gasteiger partial charge on any atom is -0.258 e. The molecule has 0 aliphatic heterocycles. The summed E-state index contributed by atoms with van der Waals surface area (Å²) in [6, 6.07) is 2.83. The lowest BCUT2D eigenvalue weighted by molar-refractivity contribution is -0.0547. The maximum absolute atomic E-state index is 12.8. The second-order valence-electron chi connectivity index (χ2n) is 2.94. The topological polar surface area (TPSA) is 43.4 Å². The van der Waals surface area contributed by atoms with Crippen LogP contribution in [0.15, 0.2) is 18.2 Å². The molecule has 96 valence electrons. The van der Waals surface area contributed by atoms with Gasteiger partial charge in [-0.15, -0.1) is 0 Å². The predicted octanol–water partition coefficient (Wildman–Crippen LogP) is 2.85. The lowest BCUT2D eigenvalue weighted by Crippen LogP contribution is -2.25. The number of halogens is 5. The lowest BCUT2D eigenvalue weighted by Gasteiger charge is -2.08. The van der Waals surface area contributed by atoms with Gasteiger partial charge in [0.15, 0.2) is 0 Å². The van der Waals surface area contributed by atoms with Crippen molar-refractivity contribution in [2.24, 2.45) is 0 Å². The van der Waals surface area contributed by atoms with E-state index in [2.05, 4.69) is 4.18 Å². The van der Waals surface area contributed by atoms with Crippen LogP contribution in [0.5, 0.6) is 0 Å². The number of benzene rings is 1. The van der Waals surface area contributed by atoms with Gasteiger partial charge in [0.1, 0.15) is 5.82 Å². The first-order chi connectivity index (χ1) is 7.62. The van der Waals surface area contributed by atoms with Crippen LogP contribution in [0.4, 0.5) is 17.6 Å². The highest BCUT2D eigenvalue weighted by molar-refractivity contribution is 7.87. The molecule has 3 nitrogen and oxygen atoms in total. The molecule has 17 heavy (non-hydrogen) atoms. The van der Waals surface area contributed by atoms with E-state index in [4.69, 9.17) is 11.6 Å². The van der Waals surface area contributed by atoms with Gasteiger partial charge in [-0.3, -0.25) is 4.18 Å². The van der Waals surface area contributed by atoms with Gasteiger partial charge in [0, 0.05) is 5.02 Å². The summed E-state index contributed by atoms with van der Waals surface area (Å²) >= 11 is 5.42. The van der Waals surface area contributed by atoms with Crippen LogP contribution in [0.2, 0.25) is 5.02 Å². The van der Waals surface area contributed by atoms with Crippen LogP contribution in [-0.2, 0) is 20.9 Å². The summed E-state index contributed by atoms with van der Waals surface area (Å²) in [6.07, 6.45) is 0. The third-order valence-electron chi connectivity index (χ3n) is 1.59. The Bertz CT molecular complexity index is 492. The standard InChI is InChI=1S/C8H5ClF4O3S/c9-6-1-5(2-7(10)3-6)4-16-17(14,15)8(11,12)13/h1-3H,4H2. The lowest BCUT2D eigenvalue weighted by atomic mass is 10.2. The summed E-state index contributed by atoms with van der Waals surface area (Å²) in [5.41, 5.74) is -5.63. The molecule has 0 heterocycles. The van der Waals surface area contributed by atoms with Crippen LogP contribution in [0, 0.1) is 5.82 Å². The van der Waals surface area contributed by atoms with Gasteiger partial charge in [-0.1, -0.05) is 11.6 Å². The zero-order chi connectivity index (χ0) is 13.3. The minimum absolute atomic E-state index is 0.0759. The van der Waals surface area contributed by atoms with Crippen molar-refractivity contribution in [2.45, 2.75) is 12.1 Å². The van der Waals surface area contributed by atoms with E-state index in [9.17, 15) is 26.0 Å². The Kier molecular flexibility index (Phi) is 4.00. The molecule has 0 saturated heterocycles. The summed E-state index contributed by atoms with van der Waals surface area (Å²) in [4.78, 5) is 0. The average Bonchev–Trinajstić information content (AvgIpc) is 2.11. The Morgan fingerprint density at radius 3 is 2.29 bits per heavy atom. The molecule has 0 N–H and O–H groups in total. The maximum atomic E-state index is 12.8. The molecular formula is C8H5ClF4O3S. The number of hydrogen-bond acceptors (Lipinski definition) is 3. The summed E-state index contributed by atoms with van der Waals surface area (Å²) < 4.78 is 73.2. The first-order valence-corrected chi connectivity index (χ1v) is 5.81. The molecular weight excluding hydrogens is 288 g/mol. The monoisotopic (exact) mass is 292 g/mol. The average molecular weight is 293 g/mol. The van der Waals surface area contributed by atoms with Crippen molar-refractivity contribution in [2.75, 3.05) is 0 Å². The van der Waals surface area contributed by atoms with E-state index in [1.165, 1.54) is 0 Å². The second kappa shape index (κ2) is 4.79. The van der Waals surface area contributed by atoms with Gasteiger partial charge in [0.05, 0.1) is 6.61 Å². The van der Waals surface area contributed by atoms with E-state index in [1.54, 1.807) is 0 Å². The third kappa shape index (κ3) is 3.83. The second-order valence-corrected chi connectivity index (χ2v) is 4.98. The van der Waals surface area contributed by atoms with Crippen molar-refractivity contribution in [3.8, 4) is 0 Å². The fraction of sp³-hybridized carbons (Fsp3) is 0.250. The molecule has 0 saturated carbocycles. The zero-order valence-corrected chi connectivity index (χ0v) is 9.53. The first kappa shape index (κ1) is 14.2. The van der Waals surface area contributed by atoms with Crippen LogP contribution in [0.1, 0.15) is 5.56 Å². The molecule has 1 aromatic carbocycles. The van der Waals surface area contributed by atoms with Gasteiger partial charge < -0.3 is 0 Å². The fourth-order valence-electron chi connectivity index (χ4n) is 0.907. The summed E-state index contributed by atoms with van der Waals surface area (Å²) in [5, 5.41) is -0.0759. The Balaban J connectivity index is 2.81. The van der Waals surface area contributed by atoms with Gasteiger partial charge in [0.2, 0.25) is 0 Å². The Morgan fingerprint density at radius 2 is 1.82 bits per heavy atom. The number of hydrogen-bond donors (Lipinski definition) is 0. The highest BCUT2D eigenvalue weighted by atomic mass is 35.5. The van der Waals surface area contributed by atoms with Crippen molar-refractivity contribution in [1.82, 2.24) is 0 Å². The van der Waals surface area contributed by atoms with Crippen LogP contribution in [0.3, 0.4) is 0 Å². The Hall–Kier alpha value is -0.860. The van der Waals surface area contributed by atoms with E-state index >= 15 is 0 Å². The van der Waals surface area contributed by atoms with Gasteiger partial charge >= 0.3 is 15.6 Å². The van der Waals surface area contributed by atoms with E-state index in [0.717, 1.165) is 18.2 Å². The molecule has 0 aliphatic carbocycles. The predicted molar refractivity (Wildman–Crippen MR) is 51.2 cm³/mol. The van der Waals surface area contributed by atoms with Crippen molar-refractivity contribution in [3.05, 3.63) is 34.6 Å². The van der Waals surface area contributed by atoms with Gasteiger partial charge in [-0.05, 0) is 23.8 Å². The van der Waals surface area contributed by atoms with Gasteiger partial charge in [-0.25, -0.2) is 4.39 Å². The SMILES string of the molecule is O=S(=O)(OCc1cc(F)cc(Cl)c1)C(F)(F)F. The molecule has 0 radical (unpaired) electrons. The summed E-state index contributed by atoms with van der Waals surface area (Å²) in [6.45, 7) is -0.945. The molecule has 0 atom stereocenters. The van der Waals surface area contributed by atoms with E-state index in [1.807, 2.05) is 0 Å². The van der Waals surface area contributed by atoms with E-state index in [0.29, 0.717) is 0 Å². The van der Waals surface area contributed by atoms with Crippen LogP contribution >= 0.6 is 11.6 Å². The van der Waals surface area contributed by atoms with E-state index in [-0.39, 0.29) is 10.6 Å². The van der Waals surface area contributed by atoms with Crippen molar-refractivity contribution in [1.29, 1.82) is 0 Å². The third-order valence-corrected chi connectivity index (χ3v) is 2.80. The smallest absolute Gasteiger partial charge is 0.258 e. The zero-order valence-electron chi connectivity index (χ0n) is 7.96.